The Balaban J connectivity index is 1.68. The fraction of sp³-hybridized carbons (Fsp3) is 0.630. The van der Waals surface area contributed by atoms with Gasteiger partial charge >= 0.3 is 12.1 Å². The lowest BCUT2D eigenvalue weighted by molar-refractivity contribution is -0.146. The Morgan fingerprint density at radius 1 is 0.969 bits per heavy atom. The van der Waals surface area contributed by atoms with E-state index in [1.54, 1.807) is 0 Å². The summed E-state index contributed by atoms with van der Waals surface area (Å²) in [6.07, 6.45) is 18.2. The van der Waals surface area contributed by atoms with E-state index in [2.05, 4.69) is 6.92 Å². The third-order valence-corrected chi connectivity index (χ3v) is 6.06. The van der Waals surface area contributed by atoms with Gasteiger partial charge in [0.1, 0.15) is 0 Å². The van der Waals surface area contributed by atoms with Crippen LogP contribution in [0, 0.1) is 0 Å². The lowest BCUT2D eigenvalue weighted by Gasteiger charge is -2.21. The number of hydrogen-bond acceptors (Lipinski definition) is 4. The van der Waals surface area contributed by atoms with E-state index in [-0.39, 0.29) is 0 Å². The molecule has 1 aromatic carbocycles. The maximum Gasteiger partial charge on any atom is 0.411 e. The molecule has 1 saturated heterocycles. The van der Waals surface area contributed by atoms with Crippen LogP contribution in [0.25, 0.3) is 0 Å². The minimum atomic E-state index is -0.749. The number of unbranched alkanes of at least 4 members (excludes halogenated alkanes) is 11. The molecule has 0 radical (unpaired) electrons. The average molecular weight is 444 g/mol. The quantitative estimate of drug-likeness (QED) is 0.160. The average Bonchev–Trinajstić information content (AvgIpc) is 3.11. The number of carbonyl (C=O) groups excluding carboxylic acids is 2. The number of carbonyl (C=O) groups is 2. The van der Waals surface area contributed by atoms with Crippen molar-refractivity contribution in [2.24, 2.45) is 0 Å². The number of benzene rings is 1. The predicted octanol–water partition coefficient (Wildman–Crippen LogP) is 6.81. The normalized spacial score (nSPS) is 18.3. The second kappa shape index (κ2) is 15.5. The van der Waals surface area contributed by atoms with E-state index in [1.807, 2.05) is 42.5 Å². The summed E-state index contributed by atoms with van der Waals surface area (Å²) in [4.78, 5) is 26.2. The number of ether oxygens (including phenoxy) is 2. The van der Waals surface area contributed by atoms with Gasteiger partial charge in [-0.1, -0.05) is 108 Å². The van der Waals surface area contributed by atoms with E-state index in [0.717, 1.165) is 18.4 Å². The van der Waals surface area contributed by atoms with Crippen molar-refractivity contribution >= 4 is 12.1 Å². The van der Waals surface area contributed by atoms with E-state index in [9.17, 15) is 9.59 Å². The molecule has 1 aliphatic heterocycles. The molecule has 1 fully saturated rings. The largest absolute Gasteiger partial charge is 0.467 e. The van der Waals surface area contributed by atoms with Crippen LogP contribution >= 0.6 is 0 Å². The predicted molar refractivity (Wildman–Crippen MR) is 128 cm³/mol. The third-order valence-electron chi connectivity index (χ3n) is 6.06. The Hall–Kier alpha value is -2.30. The van der Waals surface area contributed by atoms with Crippen molar-refractivity contribution in [1.82, 2.24) is 4.90 Å². The summed E-state index contributed by atoms with van der Waals surface area (Å²) in [5, 5.41) is 0. The summed E-state index contributed by atoms with van der Waals surface area (Å²) in [6.45, 7) is 2.58. The van der Waals surface area contributed by atoms with Crippen LogP contribution in [0.15, 0.2) is 42.5 Å². The maximum atomic E-state index is 12.4. The summed E-state index contributed by atoms with van der Waals surface area (Å²) in [5.74, 6) is -0.448. The lowest BCUT2D eigenvalue weighted by atomic mass is 10.0. The van der Waals surface area contributed by atoms with Crippen LogP contribution in [-0.2, 0) is 20.8 Å². The summed E-state index contributed by atoms with van der Waals surface area (Å²) in [5.41, 5.74) is 0.948. The van der Waals surface area contributed by atoms with Crippen LogP contribution in [-0.4, -0.2) is 36.2 Å². The Morgan fingerprint density at radius 3 is 2.16 bits per heavy atom. The highest BCUT2D eigenvalue weighted by atomic mass is 16.6. The molecule has 32 heavy (non-hydrogen) atoms. The minimum Gasteiger partial charge on any atom is -0.467 e. The first-order valence-corrected chi connectivity index (χ1v) is 12.4. The summed E-state index contributed by atoms with van der Waals surface area (Å²) in [6, 6.07) is 8.85. The van der Waals surface area contributed by atoms with Crippen LogP contribution in [0.4, 0.5) is 4.79 Å². The fourth-order valence-electron chi connectivity index (χ4n) is 4.17. The van der Waals surface area contributed by atoms with Crippen molar-refractivity contribution in [3.63, 3.8) is 0 Å². The van der Waals surface area contributed by atoms with Gasteiger partial charge in [0.2, 0.25) is 0 Å². The molecule has 5 nitrogen and oxygen atoms in total. The van der Waals surface area contributed by atoms with Crippen LogP contribution in [0.1, 0.15) is 89.5 Å². The van der Waals surface area contributed by atoms with Gasteiger partial charge in [0.15, 0.2) is 12.1 Å². The van der Waals surface area contributed by atoms with E-state index in [1.165, 1.54) is 76.2 Å². The molecule has 1 aliphatic rings. The number of esters is 1. The molecular formula is C27H41NO4. The first-order valence-electron chi connectivity index (χ1n) is 12.4. The summed E-state index contributed by atoms with van der Waals surface area (Å²) < 4.78 is 10.4. The van der Waals surface area contributed by atoms with Crippen LogP contribution in [0.2, 0.25) is 0 Å². The first-order chi connectivity index (χ1) is 15.7. The molecule has 0 aliphatic carbocycles. The first kappa shape index (κ1) is 26.0. The smallest absolute Gasteiger partial charge is 0.411 e. The fourth-order valence-corrected chi connectivity index (χ4v) is 4.17. The van der Waals surface area contributed by atoms with Crippen molar-refractivity contribution < 1.29 is 19.1 Å². The van der Waals surface area contributed by atoms with Crippen LogP contribution in [0.5, 0.6) is 0 Å². The number of methoxy groups -OCH3 is 1. The number of rotatable bonds is 16. The van der Waals surface area contributed by atoms with Crippen LogP contribution in [0.3, 0.4) is 0 Å². The van der Waals surface area contributed by atoms with E-state index >= 15 is 0 Å². The van der Waals surface area contributed by atoms with Crippen molar-refractivity contribution in [1.29, 1.82) is 0 Å². The van der Waals surface area contributed by atoms with Gasteiger partial charge in [-0.25, -0.2) is 9.59 Å². The molecule has 0 N–H and O–H groups in total. The molecule has 1 aromatic rings. The van der Waals surface area contributed by atoms with Gasteiger partial charge in [0, 0.05) is 0 Å². The molecule has 0 unspecified atom stereocenters. The molecule has 1 heterocycles. The zero-order chi connectivity index (χ0) is 23.0. The Bertz CT molecular complexity index is 688. The van der Waals surface area contributed by atoms with Crippen molar-refractivity contribution in [2.45, 2.75) is 103 Å². The molecule has 5 heteroatoms. The monoisotopic (exact) mass is 443 g/mol. The van der Waals surface area contributed by atoms with Gasteiger partial charge in [0.05, 0.1) is 13.7 Å². The molecule has 178 valence electrons. The summed E-state index contributed by atoms with van der Waals surface area (Å²) in [7, 11) is 1.35. The molecule has 2 atom stereocenters. The number of cyclic esters (lactones) is 1. The molecule has 0 saturated carbocycles. The topological polar surface area (TPSA) is 55.8 Å². The van der Waals surface area contributed by atoms with Gasteiger partial charge in [0.25, 0.3) is 0 Å². The Kier molecular flexibility index (Phi) is 12.6. The van der Waals surface area contributed by atoms with Gasteiger partial charge in [-0.15, -0.1) is 0 Å². The third kappa shape index (κ3) is 9.05. The lowest BCUT2D eigenvalue weighted by Crippen LogP contribution is -2.42. The number of allylic oxidation sites excluding steroid dienone is 1. The van der Waals surface area contributed by atoms with Gasteiger partial charge in [-0.05, 0) is 24.5 Å². The second-order valence-corrected chi connectivity index (χ2v) is 8.68. The van der Waals surface area contributed by atoms with E-state index < -0.39 is 24.2 Å². The van der Waals surface area contributed by atoms with Crippen molar-refractivity contribution in [2.75, 3.05) is 7.11 Å². The molecule has 0 spiro atoms. The number of nitrogens with zero attached hydrogens (tertiary/aromatic N) is 1. The molecular weight excluding hydrogens is 402 g/mol. The molecule has 0 bridgehead atoms. The molecule has 0 aromatic heterocycles. The minimum absolute atomic E-state index is 0.322. The molecule has 1 amide bonds. The van der Waals surface area contributed by atoms with Crippen molar-refractivity contribution in [3.8, 4) is 0 Å². The summed E-state index contributed by atoms with van der Waals surface area (Å²) >= 11 is 0. The standard InChI is InChI=1S/C27H41NO4/c1-3-4-5-6-7-8-9-10-11-12-13-14-18-21-24-25(26(29)31-2)28(27(30)32-24)22-23-19-16-15-17-20-23/h15-21,24-25H,3-14,22H2,1-2H3/b21-18+/t24-,25+/m0/s1. The van der Waals surface area contributed by atoms with E-state index in [4.69, 9.17) is 9.47 Å². The van der Waals surface area contributed by atoms with Gasteiger partial charge in [-0.3, -0.25) is 4.90 Å². The zero-order valence-electron chi connectivity index (χ0n) is 20.0. The highest BCUT2D eigenvalue weighted by Gasteiger charge is 2.45. The maximum absolute atomic E-state index is 12.4. The zero-order valence-corrected chi connectivity index (χ0v) is 20.0. The second-order valence-electron chi connectivity index (χ2n) is 8.68. The van der Waals surface area contributed by atoms with Gasteiger partial charge < -0.3 is 9.47 Å². The Morgan fingerprint density at radius 2 is 1.56 bits per heavy atom. The van der Waals surface area contributed by atoms with Crippen LogP contribution < -0.4 is 0 Å². The van der Waals surface area contributed by atoms with Gasteiger partial charge in [-0.2, -0.15) is 0 Å². The Labute approximate surface area is 194 Å². The molecule has 2 rings (SSSR count). The number of amides is 1. The van der Waals surface area contributed by atoms with E-state index in [0.29, 0.717) is 6.54 Å². The highest BCUT2D eigenvalue weighted by molar-refractivity contribution is 5.85. The number of hydrogen-bond donors (Lipinski definition) is 0. The highest BCUT2D eigenvalue weighted by Crippen LogP contribution is 2.24. The SMILES string of the molecule is CCCCCCCCCCCCC/C=C/[C@@H]1OC(=O)N(Cc2ccccc2)[C@H]1C(=O)OC. The van der Waals surface area contributed by atoms with Crippen molar-refractivity contribution in [3.05, 3.63) is 48.0 Å².